The van der Waals surface area contributed by atoms with Crippen molar-refractivity contribution in [3.63, 3.8) is 0 Å². The summed E-state index contributed by atoms with van der Waals surface area (Å²) in [7, 11) is 0. The minimum atomic E-state index is 0.0873. The fraction of sp³-hybridized carbons (Fsp3) is 0.412. The summed E-state index contributed by atoms with van der Waals surface area (Å²) in [5, 5.41) is 1.07. The number of fused-ring (bicyclic) bond motifs is 3. The summed E-state index contributed by atoms with van der Waals surface area (Å²) in [6.07, 6.45) is 3.33. The zero-order chi connectivity index (χ0) is 14.8. The molecular formula is C17H21N3O. The van der Waals surface area contributed by atoms with Crippen LogP contribution in [0.3, 0.4) is 0 Å². The van der Waals surface area contributed by atoms with Gasteiger partial charge < -0.3 is 9.72 Å². The molecule has 0 aliphatic rings. The highest BCUT2D eigenvalue weighted by Crippen LogP contribution is 2.29. The lowest BCUT2D eigenvalue weighted by Gasteiger charge is -2.10. The third kappa shape index (κ3) is 2.71. The highest BCUT2D eigenvalue weighted by molar-refractivity contribution is 6.04. The second-order valence-corrected chi connectivity index (χ2v) is 5.61. The number of unbranched alkanes of at least 4 members (excludes halogenated alkanes) is 1. The number of hydrogen-bond donors (Lipinski definition) is 1. The highest BCUT2D eigenvalue weighted by atomic mass is 16.5. The van der Waals surface area contributed by atoms with Crippen LogP contribution in [0.5, 0.6) is 5.88 Å². The molecular weight excluding hydrogens is 262 g/mol. The second-order valence-electron chi connectivity index (χ2n) is 5.61. The zero-order valence-electron chi connectivity index (χ0n) is 12.8. The molecule has 1 N–H and O–H groups in total. The van der Waals surface area contributed by atoms with Gasteiger partial charge in [0.25, 0.3) is 0 Å². The molecule has 0 aliphatic heterocycles. The number of H-pyrrole nitrogens is 1. The van der Waals surface area contributed by atoms with E-state index in [1.165, 1.54) is 0 Å². The van der Waals surface area contributed by atoms with E-state index in [0.29, 0.717) is 5.88 Å². The molecule has 1 aromatic carbocycles. The van der Waals surface area contributed by atoms with Gasteiger partial charge in [-0.1, -0.05) is 31.5 Å². The van der Waals surface area contributed by atoms with Crippen LogP contribution >= 0.6 is 0 Å². The highest BCUT2D eigenvalue weighted by Gasteiger charge is 2.14. The van der Waals surface area contributed by atoms with Gasteiger partial charge in [-0.15, -0.1) is 0 Å². The summed E-state index contributed by atoms with van der Waals surface area (Å²) < 4.78 is 5.87. The van der Waals surface area contributed by atoms with Crippen molar-refractivity contribution in [2.45, 2.75) is 46.1 Å². The van der Waals surface area contributed by atoms with Gasteiger partial charge >= 0.3 is 0 Å². The molecule has 3 aromatic rings. The molecule has 0 aliphatic carbocycles. The molecule has 0 radical (unpaired) electrons. The third-order valence-electron chi connectivity index (χ3n) is 3.46. The first-order valence-electron chi connectivity index (χ1n) is 7.63. The minimum absolute atomic E-state index is 0.0873. The van der Waals surface area contributed by atoms with E-state index >= 15 is 0 Å². The largest absolute Gasteiger partial charge is 0.473 e. The van der Waals surface area contributed by atoms with Crippen LogP contribution in [0, 0.1) is 0 Å². The van der Waals surface area contributed by atoms with Crippen molar-refractivity contribution in [1.82, 2.24) is 15.0 Å². The Morgan fingerprint density at radius 1 is 1.19 bits per heavy atom. The monoisotopic (exact) mass is 283 g/mol. The maximum Gasteiger partial charge on any atom is 0.240 e. The number of ether oxygens (including phenoxy) is 1. The van der Waals surface area contributed by atoms with E-state index in [9.17, 15) is 0 Å². The number of aromatic amines is 1. The summed E-state index contributed by atoms with van der Waals surface area (Å²) in [4.78, 5) is 12.8. The normalized spacial score (nSPS) is 11.6. The number of imidazole rings is 1. The van der Waals surface area contributed by atoms with E-state index in [1.807, 2.05) is 32.0 Å². The SMILES string of the molecule is CCCCc1nc2c([nH]1)c(OC(C)C)nc1ccccc12. The first-order valence-corrected chi connectivity index (χ1v) is 7.63. The van der Waals surface area contributed by atoms with Gasteiger partial charge in [0.15, 0.2) is 0 Å². The van der Waals surface area contributed by atoms with Crippen LogP contribution in [0.1, 0.15) is 39.4 Å². The van der Waals surface area contributed by atoms with Crippen molar-refractivity contribution in [2.75, 3.05) is 0 Å². The fourth-order valence-electron chi connectivity index (χ4n) is 2.48. The fourth-order valence-corrected chi connectivity index (χ4v) is 2.48. The number of aryl methyl sites for hydroxylation is 1. The molecule has 4 nitrogen and oxygen atoms in total. The number of aromatic nitrogens is 3. The number of para-hydroxylation sites is 1. The van der Waals surface area contributed by atoms with Gasteiger partial charge in [0.2, 0.25) is 5.88 Å². The Hall–Kier alpha value is -2.10. The van der Waals surface area contributed by atoms with Crippen molar-refractivity contribution in [2.24, 2.45) is 0 Å². The Labute approximate surface area is 124 Å². The van der Waals surface area contributed by atoms with E-state index < -0.39 is 0 Å². The van der Waals surface area contributed by atoms with Gasteiger partial charge in [-0.05, 0) is 26.3 Å². The second kappa shape index (κ2) is 5.72. The summed E-state index contributed by atoms with van der Waals surface area (Å²) >= 11 is 0. The topological polar surface area (TPSA) is 50.8 Å². The first-order chi connectivity index (χ1) is 10.2. The van der Waals surface area contributed by atoms with Crippen LogP contribution in [0.25, 0.3) is 21.9 Å². The number of hydrogen-bond acceptors (Lipinski definition) is 3. The Balaban J connectivity index is 2.20. The quantitative estimate of drug-likeness (QED) is 0.762. The minimum Gasteiger partial charge on any atom is -0.473 e. The van der Waals surface area contributed by atoms with Gasteiger partial charge in [0.1, 0.15) is 16.9 Å². The van der Waals surface area contributed by atoms with Crippen molar-refractivity contribution in [3.8, 4) is 5.88 Å². The molecule has 0 amide bonds. The zero-order valence-corrected chi connectivity index (χ0v) is 12.8. The number of benzene rings is 1. The van der Waals surface area contributed by atoms with Gasteiger partial charge in [-0.25, -0.2) is 9.97 Å². The standard InChI is InChI=1S/C17H21N3O/c1-4-5-10-14-19-15-12-8-6-7-9-13(12)18-17(16(15)20-14)21-11(2)3/h6-9,11H,4-5,10H2,1-3H3,(H,19,20). The predicted octanol–water partition coefficient (Wildman–Crippen LogP) is 4.24. The Kier molecular flexibility index (Phi) is 3.78. The van der Waals surface area contributed by atoms with E-state index in [2.05, 4.69) is 23.0 Å². The number of nitrogens with one attached hydrogen (secondary N) is 1. The number of rotatable bonds is 5. The van der Waals surface area contributed by atoms with E-state index in [1.54, 1.807) is 0 Å². The van der Waals surface area contributed by atoms with Gasteiger partial charge in [-0.3, -0.25) is 0 Å². The average molecular weight is 283 g/mol. The van der Waals surface area contributed by atoms with Crippen LogP contribution < -0.4 is 4.74 Å². The molecule has 2 heterocycles. The molecule has 21 heavy (non-hydrogen) atoms. The summed E-state index contributed by atoms with van der Waals surface area (Å²) in [6, 6.07) is 8.08. The summed E-state index contributed by atoms with van der Waals surface area (Å²) in [5.41, 5.74) is 2.80. The number of nitrogens with zero attached hydrogens (tertiary/aromatic N) is 2. The van der Waals surface area contributed by atoms with Gasteiger partial charge in [0, 0.05) is 11.8 Å². The van der Waals surface area contributed by atoms with E-state index in [-0.39, 0.29) is 6.10 Å². The van der Waals surface area contributed by atoms with Crippen molar-refractivity contribution >= 4 is 21.9 Å². The average Bonchev–Trinajstić information content (AvgIpc) is 2.89. The molecule has 0 fully saturated rings. The van der Waals surface area contributed by atoms with E-state index in [0.717, 1.165) is 47.0 Å². The number of pyridine rings is 1. The summed E-state index contributed by atoms with van der Waals surface area (Å²) in [5.74, 6) is 1.66. The molecule has 2 aromatic heterocycles. The maximum absolute atomic E-state index is 5.87. The predicted molar refractivity (Wildman–Crippen MR) is 85.8 cm³/mol. The van der Waals surface area contributed by atoms with Crippen molar-refractivity contribution < 1.29 is 4.74 Å². The van der Waals surface area contributed by atoms with Crippen LogP contribution in [-0.4, -0.2) is 21.1 Å². The van der Waals surface area contributed by atoms with Gasteiger partial charge in [0.05, 0.1) is 11.6 Å². The summed E-state index contributed by atoms with van der Waals surface area (Å²) in [6.45, 7) is 6.21. The van der Waals surface area contributed by atoms with Gasteiger partial charge in [-0.2, -0.15) is 0 Å². The Bertz CT molecular complexity index is 761. The van der Waals surface area contributed by atoms with Crippen LogP contribution in [0.2, 0.25) is 0 Å². The molecule has 0 spiro atoms. The van der Waals surface area contributed by atoms with Crippen molar-refractivity contribution in [3.05, 3.63) is 30.1 Å². The van der Waals surface area contributed by atoms with Crippen LogP contribution in [0.4, 0.5) is 0 Å². The first kappa shape index (κ1) is 13.9. The lowest BCUT2D eigenvalue weighted by atomic mass is 10.2. The lowest BCUT2D eigenvalue weighted by molar-refractivity contribution is 0.236. The smallest absolute Gasteiger partial charge is 0.240 e. The Morgan fingerprint density at radius 3 is 2.76 bits per heavy atom. The molecule has 0 atom stereocenters. The molecule has 110 valence electrons. The Morgan fingerprint density at radius 2 is 2.00 bits per heavy atom. The van der Waals surface area contributed by atoms with E-state index in [4.69, 9.17) is 9.72 Å². The van der Waals surface area contributed by atoms with Crippen molar-refractivity contribution in [1.29, 1.82) is 0 Å². The molecule has 3 rings (SSSR count). The molecule has 0 bridgehead atoms. The molecule has 0 unspecified atom stereocenters. The lowest BCUT2D eigenvalue weighted by Crippen LogP contribution is -2.07. The van der Waals surface area contributed by atoms with Crippen LogP contribution in [-0.2, 0) is 6.42 Å². The molecule has 4 heteroatoms. The molecule has 0 saturated heterocycles. The van der Waals surface area contributed by atoms with Crippen LogP contribution in [0.15, 0.2) is 24.3 Å². The molecule has 0 saturated carbocycles. The maximum atomic E-state index is 5.87. The third-order valence-corrected chi connectivity index (χ3v) is 3.46.